The average Bonchev–Trinajstić information content (AvgIpc) is 2.52. The molecule has 0 aliphatic rings. The van der Waals surface area contributed by atoms with Gasteiger partial charge in [0.25, 0.3) is 0 Å². The fourth-order valence-electron chi connectivity index (χ4n) is 1.83. The third-order valence-corrected chi connectivity index (χ3v) is 3.91. The molecular formula is C17H15FO2S. The predicted molar refractivity (Wildman–Crippen MR) is 82.9 cm³/mol. The van der Waals surface area contributed by atoms with Gasteiger partial charge in [-0.15, -0.1) is 11.8 Å². The van der Waals surface area contributed by atoms with Gasteiger partial charge in [-0.3, -0.25) is 0 Å². The molecule has 2 nitrogen and oxygen atoms in total. The zero-order valence-electron chi connectivity index (χ0n) is 11.6. The molecule has 0 unspecified atom stereocenters. The van der Waals surface area contributed by atoms with E-state index in [4.69, 9.17) is 9.84 Å². The molecule has 0 spiro atoms. The Balaban J connectivity index is 2.19. The normalized spacial score (nSPS) is 9.86. The number of benzene rings is 2. The summed E-state index contributed by atoms with van der Waals surface area (Å²) < 4.78 is 18.9. The summed E-state index contributed by atoms with van der Waals surface area (Å²) in [5.41, 5.74) is 1.74. The first kappa shape index (κ1) is 15.4. The predicted octanol–water partition coefficient (Wildman–Crippen LogP) is 3.47. The molecule has 0 aromatic heterocycles. The molecule has 0 aliphatic heterocycles. The van der Waals surface area contributed by atoms with Gasteiger partial charge in [-0.25, -0.2) is 4.39 Å². The number of halogens is 1. The second kappa shape index (κ2) is 7.72. The van der Waals surface area contributed by atoms with Crippen molar-refractivity contribution in [2.75, 3.05) is 13.7 Å². The Bertz CT molecular complexity index is 674. The monoisotopic (exact) mass is 302 g/mol. The van der Waals surface area contributed by atoms with Crippen molar-refractivity contribution in [1.29, 1.82) is 0 Å². The van der Waals surface area contributed by atoms with Crippen LogP contribution in [0.5, 0.6) is 5.75 Å². The van der Waals surface area contributed by atoms with Crippen LogP contribution in [0.25, 0.3) is 0 Å². The lowest BCUT2D eigenvalue weighted by Gasteiger charge is -2.09. The number of hydrogen-bond donors (Lipinski definition) is 1. The summed E-state index contributed by atoms with van der Waals surface area (Å²) in [6.07, 6.45) is 0. The van der Waals surface area contributed by atoms with Gasteiger partial charge in [0.05, 0.1) is 7.11 Å². The van der Waals surface area contributed by atoms with E-state index in [0.29, 0.717) is 10.6 Å². The molecule has 21 heavy (non-hydrogen) atoms. The van der Waals surface area contributed by atoms with Crippen LogP contribution in [-0.2, 0) is 5.75 Å². The Morgan fingerprint density at radius 1 is 1.24 bits per heavy atom. The van der Waals surface area contributed by atoms with Crippen LogP contribution < -0.4 is 4.74 Å². The largest absolute Gasteiger partial charge is 0.496 e. The average molecular weight is 302 g/mol. The SMILES string of the molecule is COc1ccc(C#CCO)cc1CSc1ccccc1F. The van der Waals surface area contributed by atoms with Crippen molar-refractivity contribution in [3.05, 3.63) is 59.4 Å². The van der Waals surface area contributed by atoms with Crippen LogP contribution in [0, 0.1) is 17.7 Å². The van der Waals surface area contributed by atoms with Crippen LogP contribution in [0.3, 0.4) is 0 Å². The highest BCUT2D eigenvalue weighted by Crippen LogP contribution is 2.30. The molecule has 0 saturated carbocycles. The summed E-state index contributed by atoms with van der Waals surface area (Å²) >= 11 is 1.41. The molecule has 108 valence electrons. The topological polar surface area (TPSA) is 29.5 Å². The summed E-state index contributed by atoms with van der Waals surface area (Å²) in [6, 6.07) is 12.2. The standard InChI is InChI=1S/C17H15FO2S/c1-20-16-9-8-13(5-4-10-19)11-14(16)12-21-17-7-3-2-6-15(17)18/h2-3,6-9,11,19H,10,12H2,1H3. The van der Waals surface area contributed by atoms with Gasteiger partial charge in [0.1, 0.15) is 18.2 Å². The first-order valence-corrected chi connectivity index (χ1v) is 7.37. The minimum absolute atomic E-state index is 0.175. The van der Waals surface area contributed by atoms with E-state index in [2.05, 4.69) is 11.8 Å². The molecular weight excluding hydrogens is 287 g/mol. The number of rotatable bonds is 4. The first-order valence-electron chi connectivity index (χ1n) is 6.38. The van der Waals surface area contributed by atoms with Crippen LogP contribution in [0.1, 0.15) is 11.1 Å². The van der Waals surface area contributed by atoms with E-state index in [0.717, 1.165) is 16.9 Å². The van der Waals surface area contributed by atoms with E-state index in [1.54, 1.807) is 19.2 Å². The van der Waals surface area contributed by atoms with E-state index >= 15 is 0 Å². The molecule has 0 heterocycles. The Labute approximate surface area is 128 Å². The molecule has 1 N–H and O–H groups in total. The first-order chi connectivity index (χ1) is 10.2. The van der Waals surface area contributed by atoms with Crippen molar-refractivity contribution in [2.45, 2.75) is 10.6 Å². The smallest absolute Gasteiger partial charge is 0.136 e. The minimum atomic E-state index is -0.224. The lowest BCUT2D eigenvalue weighted by atomic mass is 10.1. The number of aliphatic hydroxyl groups is 1. The third-order valence-electron chi connectivity index (χ3n) is 2.81. The third kappa shape index (κ3) is 4.25. The molecule has 2 aromatic rings. The van der Waals surface area contributed by atoms with Crippen molar-refractivity contribution in [3.8, 4) is 17.6 Å². The minimum Gasteiger partial charge on any atom is -0.496 e. The van der Waals surface area contributed by atoms with E-state index in [-0.39, 0.29) is 12.4 Å². The van der Waals surface area contributed by atoms with E-state index < -0.39 is 0 Å². The fraction of sp³-hybridized carbons (Fsp3) is 0.176. The van der Waals surface area contributed by atoms with Gasteiger partial charge in [0.2, 0.25) is 0 Å². The van der Waals surface area contributed by atoms with Crippen molar-refractivity contribution in [2.24, 2.45) is 0 Å². The van der Waals surface area contributed by atoms with E-state index in [9.17, 15) is 4.39 Å². The molecule has 4 heteroatoms. The highest BCUT2D eigenvalue weighted by molar-refractivity contribution is 7.98. The molecule has 2 aromatic carbocycles. The number of methoxy groups -OCH3 is 1. The molecule has 0 saturated heterocycles. The molecule has 0 amide bonds. The van der Waals surface area contributed by atoms with Gasteiger partial charge < -0.3 is 9.84 Å². The molecule has 0 fully saturated rings. The molecule has 0 radical (unpaired) electrons. The zero-order chi connectivity index (χ0) is 15.1. The maximum atomic E-state index is 13.6. The quantitative estimate of drug-likeness (QED) is 0.693. The molecule has 2 rings (SSSR count). The zero-order valence-corrected chi connectivity index (χ0v) is 12.4. The fourth-order valence-corrected chi connectivity index (χ4v) is 2.75. The van der Waals surface area contributed by atoms with Gasteiger partial charge in [-0.2, -0.15) is 0 Å². The highest BCUT2D eigenvalue weighted by atomic mass is 32.2. The lowest BCUT2D eigenvalue weighted by molar-refractivity contribution is 0.350. The van der Waals surface area contributed by atoms with Crippen LogP contribution in [0.2, 0.25) is 0 Å². The summed E-state index contributed by atoms with van der Waals surface area (Å²) in [4.78, 5) is 0.603. The second-order valence-corrected chi connectivity index (χ2v) is 5.22. The number of thioether (sulfide) groups is 1. The van der Waals surface area contributed by atoms with Crippen LogP contribution >= 0.6 is 11.8 Å². The number of hydrogen-bond acceptors (Lipinski definition) is 3. The Kier molecular flexibility index (Phi) is 5.68. The Hall–Kier alpha value is -1.96. The van der Waals surface area contributed by atoms with Crippen LogP contribution in [0.15, 0.2) is 47.4 Å². The van der Waals surface area contributed by atoms with Gasteiger partial charge >= 0.3 is 0 Å². The summed E-state index contributed by atoms with van der Waals surface area (Å²) in [5.74, 6) is 6.57. The van der Waals surface area contributed by atoms with Crippen molar-refractivity contribution in [3.63, 3.8) is 0 Å². The van der Waals surface area contributed by atoms with Gasteiger partial charge in [-0.1, -0.05) is 24.0 Å². The van der Waals surface area contributed by atoms with Crippen LogP contribution in [-0.4, -0.2) is 18.8 Å². The number of ether oxygens (including phenoxy) is 1. The second-order valence-electron chi connectivity index (χ2n) is 4.21. The summed E-state index contributed by atoms with van der Waals surface area (Å²) in [6.45, 7) is -0.175. The Morgan fingerprint density at radius 2 is 2.05 bits per heavy atom. The summed E-state index contributed by atoms with van der Waals surface area (Å²) in [5, 5.41) is 8.74. The molecule has 0 atom stereocenters. The van der Waals surface area contributed by atoms with Crippen molar-refractivity contribution < 1.29 is 14.2 Å². The van der Waals surface area contributed by atoms with Gasteiger partial charge in [-0.05, 0) is 30.3 Å². The Morgan fingerprint density at radius 3 is 2.76 bits per heavy atom. The van der Waals surface area contributed by atoms with Gasteiger partial charge in [0, 0.05) is 21.8 Å². The molecule has 0 aliphatic carbocycles. The maximum absolute atomic E-state index is 13.6. The lowest BCUT2D eigenvalue weighted by Crippen LogP contribution is -1.92. The summed E-state index contributed by atoms with van der Waals surface area (Å²) in [7, 11) is 1.60. The van der Waals surface area contributed by atoms with Crippen LogP contribution in [0.4, 0.5) is 4.39 Å². The molecule has 0 bridgehead atoms. The van der Waals surface area contributed by atoms with E-state index in [1.165, 1.54) is 17.8 Å². The number of aliphatic hydroxyl groups excluding tert-OH is 1. The van der Waals surface area contributed by atoms with E-state index in [1.807, 2.05) is 24.3 Å². The highest BCUT2D eigenvalue weighted by Gasteiger charge is 2.07. The van der Waals surface area contributed by atoms with Crippen molar-refractivity contribution in [1.82, 2.24) is 0 Å². The maximum Gasteiger partial charge on any atom is 0.136 e. The van der Waals surface area contributed by atoms with Crippen molar-refractivity contribution >= 4 is 11.8 Å². The van der Waals surface area contributed by atoms with Gasteiger partial charge in [0.15, 0.2) is 0 Å².